The Morgan fingerprint density at radius 2 is 1.23 bits per heavy atom. The van der Waals surface area contributed by atoms with Crippen LogP contribution < -0.4 is 4.90 Å². The third kappa shape index (κ3) is 1.78. The van der Waals surface area contributed by atoms with E-state index in [2.05, 4.69) is 24.3 Å². The van der Waals surface area contributed by atoms with Crippen LogP contribution in [-0.2, 0) is 9.59 Å². The van der Waals surface area contributed by atoms with Crippen molar-refractivity contribution in [1.82, 2.24) is 0 Å². The Morgan fingerprint density at radius 3 is 1.81 bits per heavy atom. The van der Waals surface area contributed by atoms with Gasteiger partial charge in [0.2, 0.25) is 11.8 Å². The van der Waals surface area contributed by atoms with Gasteiger partial charge in [-0.05, 0) is 53.4 Å². The summed E-state index contributed by atoms with van der Waals surface area (Å²) in [5, 5.41) is 0. The molecular weight excluding hydrogens is 322 g/mol. The zero-order valence-corrected chi connectivity index (χ0v) is 14.3. The highest BCUT2D eigenvalue weighted by atomic mass is 16.2. The molecule has 0 radical (unpaired) electrons. The van der Waals surface area contributed by atoms with Gasteiger partial charge in [-0.1, -0.05) is 54.6 Å². The Kier molecular flexibility index (Phi) is 2.75. The molecule has 2 saturated carbocycles. The van der Waals surface area contributed by atoms with Crippen molar-refractivity contribution in [2.45, 2.75) is 6.42 Å². The van der Waals surface area contributed by atoms with E-state index in [1.807, 2.05) is 42.5 Å². The van der Waals surface area contributed by atoms with Gasteiger partial charge in [0.25, 0.3) is 0 Å². The van der Waals surface area contributed by atoms with E-state index in [4.69, 9.17) is 0 Å². The maximum absolute atomic E-state index is 13.1. The maximum atomic E-state index is 13.1. The number of imide groups is 1. The topological polar surface area (TPSA) is 37.4 Å². The lowest BCUT2D eigenvalue weighted by molar-refractivity contribution is -0.124. The molecule has 7 rings (SSSR count). The van der Waals surface area contributed by atoms with Crippen molar-refractivity contribution in [3.63, 3.8) is 0 Å². The first kappa shape index (κ1) is 14.5. The monoisotopic (exact) mass is 341 g/mol. The molecule has 1 saturated heterocycles. The van der Waals surface area contributed by atoms with Gasteiger partial charge in [-0.3, -0.25) is 14.5 Å². The molecule has 2 amide bonds. The van der Waals surface area contributed by atoms with E-state index in [-0.39, 0.29) is 35.5 Å². The number of allylic oxidation sites excluding steroid dienone is 2. The fourth-order valence-electron chi connectivity index (χ4n) is 5.65. The third-order valence-electron chi connectivity index (χ3n) is 6.90. The van der Waals surface area contributed by atoms with Crippen molar-refractivity contribution in [2.75, 3.05) is 4.90 Å². The quantitative estimate of drug-likeness (QED) is 0.613. The van der Waals surface area contributed by atoms with E-state index < -0.39 is 0 Å². The average Bonchev–Trinajstić information content (AvgIpc) is 3.47. The molecule has 0 aromatic heterocycles. The van der Waals surface area contributed by atoms with Crippen LogP contribution in [0.3, 0.4) is 0 Å². The molecule has 1 heterocycles. The van der Waals surface area contributed by atoms with Gasteiger partial charge in [-0.25, -0.2) is 0 Å². The van der Waals surface area contributed by atoms with Crippen molar-refractivity contribution in [1.29, 1.82) is 0 Å². The van der Waals surface area contributed by atoms with Gasteiger partial charge in [-0.2, -0.15) is 0 Å². The normalized spacial score (nSPS) is 36.2. The highest BCUT2D eigenvalue weighted by Crippen LogP contribution is 2.65. The summed E-state index contributed by atoms with van der Waals surface area (Å²) < 4.78 is 0. The molecule has 2 aromatic rings. The zero-order chi connectivity index (χ0) is 17.4. The average molecular weight is 341 g/mol. The van der Waals surface area contributed by atoms with Crippen LogP contribution in [-0.4, -0.2) is 11.8 Å². The SMILES string of the molecule is O=C1[C@@H]2[C@H]3C=C[C@@H]([C@@H]4C[C@@H]34)[C@@H]2C(=O)N1c1ccc(-c2ccccc2)cc1. The molecule has 3 fully saturated rings. The predicted molar refractivity (Wildman–Crippen MR) is 99.1 cm³/mol. The lowest BCUT2D eigenvalue weighted by Gasteiger charge is -2.37. The minimum atomic E-state index is -0.130. The molecule has 0 N–H and O–H groups in total. The summed E-state index contributed by atoms with van der Waals surface area (Å²) in [6.07, 6.45) is 5.63. The van der Waals surface area contributed by atoms with Crippen molar-refractivity contribution in [3.8, 4) is 11.1 Å². The van der Waals surface area contributed by atoms with Crippen molar-refractivity contribution >= 4 is 17.5 Å². The van der Waals surface area contributed by atoms with E-state index in [1.165, 1.54) is 11.3 Å². The van der Waals surface area contributed by atoms with E-state index in [0.29, 0.717) is 17.5 Å². The van der Waals surface area contributed by atoms with Crippen LogP contribution in [0.4, 0.5) is 5.69 Å². The molecule has 3 heteroatoms. The van der Waals surface area contributed by atoms with E-state index >= 15 is 0 Å². The molecule has 128 valence electrons. The minimum absolute atomic E-state index is 0.0113. The number of benzene rings is 2. The maximum Gasteiger partial charge on any atom is 0.238 e. The van der Waals surface area contributed by atoms with Crippen LogP contribution in [0.15, 0.2) is 66.7 Å². The molecule has 0 unspecified atom stereocenters. The molecule has 1 aliphatic heterocycles. The van der Waals surface area contributed by atoms with E-state index in [9.17, 15) is 9.59 Å². The second-order valence-corrected chi connectivity index (χ2v) is 8.08. The first-order valence-corrected chi connectivity index (χ1v) is 9.45. The van der Waals surface area contributed by atoms with Crippen molar-refractivity contribution < 1.29 is 9.59 Å². The summed E-state index contributed by atoms with van der Waals surface area (Å²) in [7, 11) is 0. The molecule has 0 spiro atoms. The van der Waals surface area contributed by atoms with Crippen LogP contribution in [0.2, 0.25) is 0 Å². The highest BCUT2D eigenvalue weighted by Gasteiger charge is 2.67. The number of hydrogen-bond acceptors (Lipinski definition) is 2. The van der Waals surface area contributed by atoms with Gasteiger partial charge in [0.05, 0.1) is 17.5 Å². The summed E-state index contributed by atoms with van der Waals surface area (Å²) >= 11 is 0. The number of rotatable bonds is 2. The Balaban J connectivity index is 1.35. The van der Waals surface area contributed by atoms with Crippen molar-refractivity contribution in [3.05, 3.63) is 66.7 Å². The summed E-state index contributed by atoms with van der Waals surface area (Å²) in [5.74, 6) is 1.60. The number of amides is 2. The molecule has 4 aliphatic carbocycles. The molecule has 2 bridgehead atoms. The van der Waals surface area contributed by atoms with Crippen LogP contribution in [0.5, 0.6) is 0 Å². The highest BCUT2D eigenvalue weighted by molar-refractivity contribution is 6.22. The summed E-state index contributed by atoms with van der Waals surface area (Å²) in [4.78, 5) is 27.7. The van der Waals surface area contributed by atoms with Gasteiger partial charge in [0, 0.05) is 0 Å². The van der Waals surface area contributed by atoms with E-state index in [0.717, 1.165) is 11.1 Å². The smallest absolute Gasteiger partial charge is 0.238 e. The zero-order valence-electron chi connectivity index (χ0n) is 14.3. The fourth-order valence-corrected chi connectivity index (χ4v) is 5.65. The third-order valence-corrected chi connectivity index (χ3v) is 6.90. The fraction of sp³-hybridized carbons (Fsp3) is 0.304. The molecule has 2 aromatic carbocycles. The second kappa shape index (κ2) is 4.94. The van der Waals surface area contributed by atoms with Crippen molar-refractivity contribution in [2.24, 2.45) is 35.5 Å². The summed E-state index contributed by atoms with van der Waals surface area (Å²) in [6.45, 7) is 0. The lowest BCUT2D eigenvalue weighted by atomic mass is 9.63. The molecule has 5 aliphatic rings. The molecule has 26 heavy (non-hydrogen) atoms. The molecule has 6 atom stereocenters. The Bertz CT molecular complexity index is 910. The molecule has 3 nitrogen and oxygen atoms in total. The number of anilines is 1. The summed E-state index contributed by atoms with van der Waals surface area (Å²) in [5.41, 5.74) is 2.94. The van der Waals surface area contributed by atoms with Crippen LogP contribution in [0.25, 0.3) is 11.1 Å². The Morgan fingerprint density at radius 1 is 0.692 bits per heavy atom. The Labute approximate surface area is 152 Å². The van der Waals surface area contributed by atoms with Gasteiger partial charge < -0.3 is 0 Å². The van der Waals surface area contributed by atoms with Crippen LogP contribution >= 0.6 is 0 Å². The van der Waals surface area contributed by atoms with Gasteiger partial charge in [0.15, 0.2) is 0 Å². The van der Waals surface area contributed by atoms with Crippen LogP contribution in [0.1, 0.15) is 6.42 Å². The summed E-state index contributed by atoms with van der Waals surface area (Å²) in [6, 6.07) is 17.9. The number of hydrogen-bond donors (Lipinski definition) is 0. The van der Waals surface area contributed by atoms with Crippen LogP contribution in [0, 0.1) is 35.5 Å². The van der Waals surface area contributed by atoms with Gasteiger partial charge in [0.1, 0.15) is 0 Å². The first-order valence-electron chi connectivity index (χ1n) is 9.45. The number of carbonyl (C=O) groups is 2. The second-order valence-electron chi connectivity index (χ2n) is 8.08. The largest absolute Gasteiger partial charge is 0.274 e. The predicted octanol–water partition coefficient (Wildman–Crippen LogP) is 3.91. The first-order chi connectivity index (χ1) is 12.7. The van der Waals surface area contributed by atoms with Gasteiger partial charge in [-0.15, -0.1) is 0 Å². The lowest BCUT2D eigenvalue weighted by Crippen LogP contribution is -2.40. The van der Waals surface area contributed by atoms with E-state index in [1.54, 1.807) is 0 Å². The molecular formula is C23H19NO2. The number of carbonyl (C=O) groups excluding carboxylic acids is 2. The number of nitrogens with zero attached hydrogens (tertiary/aromatic N) is 1. The Hall–Kier alpha value is -2.68. The minimum Gasteiger partial charge on any atom is -0.274 e. The standard InChI is InChI=1S/C23H19NO2/c25-22-20-16-10-11-17(19-12-18(16)19)21(20)23(26)24(22)15-8-6-14(7-9-15)13-4-2-1-3-5-13/h1-11,16-21H,12H2/t16-,17-,18-,19-,20-,21+/m0/s1. The van der Waals surface area contributed by atoms with Gasteiger partial charge >= 0.3 is 0 Å².